The third-order valence-corrected chi connectivity index (χ3v) is 4.58. The van der Waals surface area contributed by atoms with Crippen molar-refractivity contribution in [2.24, 2.45) is 5.92 Å². The third kappa shape index (κ3) is 3.94. The summed E-state index contributed by atoms with van der Waals surface area (Å²) in [6, 6.07) is 15.3. The summed E-state index contributed by atoms with van der Waals surface area (Å²) in [6.45, 7) is 0.649. The standard InChI is InChI=1S/C20H23FN2O/c21-18-13-7-8-14-19(18)23(17-11-5-2-6-12-17)20(24)22-15-16-9-3-1-4-10-16/h2,5-8,11-14,16H,1,3-4,9-10,15H2,(H,22,24). The number of hydrogen-bond donors (Lipinski definition) is 1. The van der Waals surface area contributed by atoms with Gasteiger partial charge in [-0.1, -0.05) is 49.6 Å². The Kier molecular flexibility index (Phi) is 5.47. The Balaban J connectivity index is 1.79. The molecule has 0 aromatic heterocycles. The summed E-state index contributed by atoms with van der Waals surface area (Å²) in [4.78, 5) is 14.2. The Bertz CT molecular complexity index is 668. The lowest BCUT2D eigenvalue weighted by Crippen LogP contribution is -2.40. The highest BCUT2D eigenvalue weighted by Crippen LogP contribution is 2.28. The van der Waals surface area contributed by atoms with E-state index in [1.807, 2.05) is 30.3 Å². The maximum Gasteiger partial charge on any atom is 0.326 e. The van der Waals surface area contributed by atoms with Gasteiger partial charge in [-0.25, -0.2) is 9.18 Å². The van der Waals surface area contributed by atoms with Crippen LogP contribution in [0.2, 0.25) is 0 Å². The van der Waals surface area contributed by atoms with Crippen LogP contribution in [0.25, 0.3) is 0 Å². The van der Waals surface area contributed by atoms with Gasteiger partial charge in [-0.3, -0.25) is 4.90 Å². The molecule has 1 saturated carbocycles. The average Bonchev–Trinajstić information content (AvgIpc) is 2.64. The summed E-state index contributed by atoms with van der Waals surface area (Å²) in [5, 5.41) is 3.00. The van der Waals surface area contributed by atoms with Gasteiger partial charge in [-0.15, -0.1) is 0 Å². The van der Waals surface area contributed by atoms with Crippen LogP contribution >= 0.6 is 0 Å². The van der Waals surface area contributed by atoms with Gasteiger partial charge in [0, 0.05) is 6.54 Å². The summed E-state index contributed by atoms with van der Waals surface area (Å²) in [5.74, 6) is 0.120. The zero-order valence-electron chi connectivity index (χ0n) is 13.7. The minimum atomic E-state index is -0.408. The summed E-state index contributed by atoms with van der Waals surface area (Å²) in [5.41, 5.74) is 0.925. The number of anilines is 2. The fourth-order valence-electron chi connectivity index (χ4n) is 3.28. The van der Waals surface area contributed by atoms with E-state index in [0.29, 0.717) is 18.2 Å². The first-order chi connectivity index (χ1) is 11.8. The van der Waals surface area contributed by atoms with Crippen LogP contribution in [0.3, 0.4) is 0 Å². The molecule has 126 valence electrons. The van der Waals surface area contributed by atoms with E-state index in [0.717, 1.165) is 12.8 Å². The minimum absolute atomic E-state index is 0.268. The second-order valence-corrected chi connectivity index (χ2v) is 6.31. The smallest absolute Gasteiger partial charge is 0.326 e. The summed E-state index contributed by atoms with van der Waals surface area (Å²) in [7, 11) is 0. The molecule has 0 atom stereocenters. The normalized spacial score (nSPS) is 15.0. The number of hydrogen-bond acceptors (Lipinski definition) is 1. The van der Waals surface area contributed by atoms with Gasteiger partial charge >= 0.3 is 6.03 Å². The number of benzene rings is 2. The lowest BCUT2D eigenvalue weighted by molar-refractivity contribution is 0.243. The van der Waals surface area contributed by atoms with E-state index in [1.54, 1.807) is 18.2 Å². The van der Waals surface area contributed by atoms with Gasteiger partial charge in [0.2, 0.25) is 0 Å². The zero-order valence-corrected chi connectivity index (χ0v) is 13.7. The maximum absolute atomic E-state index is 14.3. The number of carbonyl (C=O) groups excluding carboxylic acids is 1. The molecular weight excluding hydrogens is 303 g/mol. The van der Waals surface area contributed by atoms with Gasteiger partial charge in [-0.2, -0.15) is 0 Å². The van der Waals surface area contributed by atoms with Gasteiger partial charge in [-0.05, 0) is 43.0 Å². The first-order valence-corrected chi connectivity index (χ1v) is 8.63. The highest BCUT2D eigenvalue weighted by molar-refractivity contribution is 5.99. The Labute approximate surface area is 142 Å². The van der Waals surface area contributed by atoms with Crippen molar-refractivity contribution >= 4 is 17.4 Å². The Hall–Kier alpha value is -2.36. The molecule has 1 fully saturated rings. The Morgan fingerprint density at radius 1 is 1.00 bits per heavy atom. The molecule has 2 aromatic carbocycles. The maximum atomic E-state index is 14.3. The first-order valence-electron chi connectivity index (χ1n) is 8.63. The van der Waals surface area contributed by atoms with Gasteiger partial charge in [0.1, 0.15) is 5.82 Å². The van der Waals surface area contributed by atoms with Crippen LogP contribution in [0, 0.1) is 11.7 Å². The quantitative estimate of drug-likeness (QED) is 0.817. The van der Waals surface area contributed by atoms with Crippen molar-refractivity contribution in [1.82, 2.24) is 5.32 Å². The fraction of sp³-hybridized carbons (Fsp3) is 0.350. The molecule has 1 aliphatic carbocycles. The highest BCUT2D eigenvalue weighted by atomic mass is 19.1. The van der Waals surface area contributed by atoms with Crippen molar-refractivity contribution in [2.75, 3.05) is 11.4 Å². The van der Waals surface area contributed by atoms with E-state index in [1.165, 1.54) is 30.2 Å². The van der Waals surface area contributed by atoms with Gasteiger partial charge in [0.05, 0.1) is 11.4 Å². The van der Waals surface area contributed by atoms with Crippen LogP contribution in [0.5, 0.6) is 0 Å². The lowest BCUT2D eigenvalue weighted by atomic mass is 9.89. The van der Waals surface area contributed by atoms with Gasteiger partial charge < -0.3 is 5.32 Å². The molecule has 0 bridgehead atoms. The molecule has 3 rings (SSSR count). The second-order valence-electron chi connectivity index (χ2n) is 6.31. The van der Waals surface area contributed by atoms with Crippen LogP contribution in [0.4, 0.5) is 20.6 Å². The number of nitrogens with one attached hydrogen (secondary N) is 1. The molecule has 0 saturated heterocycles. The van der Waals surface area contributed by atoms with Crippen LogP contribution in [0.1, 0.15) is 32.1 Å². The van der Waals surface area contributed by atoms with Crippen molar-refractivity contribution < 1.29 is 9.18 Å². The fourth-order valence-corrected chi connectivity index (χ4v) is 3.28. The molecule has 2 amide bonds. The molecule has 0 spiro atoms. The van der Waals surface area contributed by atoms with Crippen LogP contribution in [0.15, 0.2) is 54.6 Å². The summed E-state index contributed by atoms with van der Waals surface area (Å²) in [6.07, 6.45) is 6.07. The van der Waals surface area contributed by atoms with E-state index < -0.39 is 5.82 Å². The predicted molar refractivity (Wildman–Crippen MR) is 95.0 cm³/mol. The number of rotatable bonds is 4. The molecule has 0 radical (unpaired) electrons. The molecule has 4 heteroatoms. The number of nitrogens with zero attached hydrogens (tertiary/aromatic N) is 1. The molecule has 1 aliphatic rings. The number of urea groups is 1. The molecule has 0 heterocycles. The van der Waals surface area contributed by atoms with E-state index in [9.17, 15) is 9.18 Å². The van der Waals surface area contributed by atoms with E-state index in [2.05, 4.69) is 5.32 Å². The molecule has 1 N–H and O–H groups in total. The number of para-hydroxylation sites is 2. The Morgan fingerprint density at radius 3 is 2.38 bits per heavy atom. The highest BCUT2D eigenvalue weighted by Gasteiger charge is 2.22. The number of amides is 2. The molecule has 24 heavy (non-hydrogen) atoms. The SMILES string of the molecule is O=C(NCC1CCCCC1)N(c1ccccc1)c1ccccc1F. The number of carbonyl (C=O) groups is 1. The van der Waals surface area contributed by atoms with Crippen molar-refractivity contribution in [1.29, 1.82) is 0 Å². The van der Waals surface area contributed by atoms with E-state index >= 15 is 0 Å². The van der Waals surface area contributed by atoms with Crippen molar-refractivity contribution in [3.63, 3.8) is 0 Å². The predicted octanol–water partition coefficient (Wildman–Crippen LogP) is 5.25. The Morgan fingerprint density at radius 2 is 1.67 bits per heavy atom. The largest absolute Gasteiger partial charge is 0.337 e. The molecule has 3 nitrogen and oxygen atoms in total. The average molecular weight is 326 g/mol. The number of halogens is 1. The first kappa shape index (κ1) is 16.5. The van der Waals surface area contributed by atoms with Crippen LogP contribution in [-0.4, -0.2) is 12.6 Å². The monoisotopic (exact) mass is 326 g/mol. The van der Waals surface area contributed by atoms with Crippen LogP contribution < -0.4 is 10.2 Å². The lowest BCUT2D eigenvalue weighted by Gasteiger charge is -2.26. The van der Waals surface area contributed by atoms with E-state index in [4.69, 9.17) is 0 Å². The topological polar surface area (TPSA) is 32.3 Å². The molecule has 0 unspecified atom stereocenters. The van der Waals surface area contributed by atoms with Crippen LogP contribution in [-0.2, 0) is 0 Å². The third-order valence-electron chi connectivity index (χ3n) is 4.58. The zero-order chi connectivity index (χ0) is 16.8. The second kappa shape index (κ2) is 7.95. The molecule has 2 aromatic rings. The van der Waals surface area contributed by atoms with Crippen molar-refractivity contribution in [2.45, 2.75) is 32.1 Å². The minimum Gasteiger partial charge on any atom is -0.337 e. The van der Waals surface area contributed by atoms with Crippen molar-refractivity contribution in [3.05, 3.63) is 60.4 Å². The van der Waals surface area contributed by atoms with Gasteiger partial charge in [0.15, 0.2) is 0 Å². The molecular formula is C20H23FN2O. The molecule has 0 aliphatic heterocycles. The summed E-state index contributed by atoms with van der Waals surface area (Å²) >= 11 is 0. The van der Waals surface area contributed by atoms with Gasteiger partial charge in [0.25, 0.3) is 0 Å². The van der Waals surface area contributed by atoms with E-state index in [-0.39, 0.29) is 11.7 Å². The summed E-state index contributed by atoms with van der Waals surface area (Å²) < 4.78 is 14.3. The van der Waals surface area contributed by atoms with Crippen molar-refractivity contribution in [3.8, 4) is 0 Å².